The van der Waals surface area contributed by atoms with E-state index in [1.54, 1.807) is 17.4 Å². The topological polar surface area (TPSA) is 50.2 Å². The highest BCUT2D eigenvalue weighted by Gasteiger charge is 2.24. The van der Waals surface area contributed by atoms with E-state index in [2.05, 4.69) is 10.2 Å². The highest BCUT2D eigenvalue weighted by atomic mass is 32.1. The first-order chi connectivity index (χ1) is 17.0. The summed E-state index contributed by atoms with van der Waals surface area (Å²) in [7, 11) is 0. The first kappa shape index (κ1) is 23.4. The fourth-order valence-electron chi connectivity index (χ4n) is 4.43. The molecule has 0 atom stereocenters. The van der Waals surface area contributed by atoms with Crippen molar-refractivity contribution in [2.75, 3.05) is 13.1 Å². The normalized spacial score (nSPS) is 14.8. The zero-order valence-electron chi connectivity index (χ0n) is 19.2. The van der Waals surface area contributed by atoms with Gasteiger partial charge in [-0.15, -0.1) is 11.3 Å². The number of aromatic nitrogens is 2. The Morgan fingerprint density at radius 2 is 1.77 bits per heavy atom. The van der Waals surface area contributed by atoms with Gasteiger partial charge in [0.1, 0.15) is 5.69 Å². The van der Waals surface area contributed by atoms with Crippen LogP contribution in [0.2, 0.25) is 0 Å². The van der Waals surface area contributed by atoms with Gasteiger partial charge in [-0.05, 0) is 47.5 Å². The summed E-state index contributed by atoms with van der Waals surface area (Å²) in [6.45, 7) is 2.70. The maximum Gasteiger partial charge on any atom is 0.255 e. The minimum absolute atomic E-state index is 0.0531. The molecule has 0 saturated carbocycles. The summed E-state index contributed by atoms with van der Waals surface area (Å²) >= 11 is 1.56. The lowest BCUT2D eigenvalue weighted by Gasteiger charge is -2.32. The van der Waals surface area contributed by atoms with Crippen LogP contribution in [0, 0.1) is 11.6 Å². The molecule has 1 aliphatic rings. The lowest BCUT2D eigenvalue weighted by molar-refractivity contribution is 0.0909. The Kier molecular flexibility index (Phi) is 7.01. The average molecular weight is 493 g/mol. The Labute approximate surface area is 207 Å². The highest BCUT2D eigenvalue weighted by molar-refractivity contribution is 7.13. The van der Waals surface area contributed by atoms with Crippen molar-refractivity contribution in [2.24, 2.45) is 0 Å². The molecule has 2 aromatic carbocycles. The van der Waals surface area contributed by atoms with E-state index in [1.807, 2.05) is 58.7 Å². The molecule has 1 aliphatic heterocycles. The van der Waals surface area contributed by atoms with Crippen LogP contribution in [0.4, 0.5) is 8.78 Å². The lowest BCUT2D eigenvalue weighted by Crippen LogP contribution is -2.44. The molecule has 5 nitrogen and oxygen atoms in total. The highest BCUT2D eigenvalue weighted by Crippen LogP contribution is 2.27. The monoisotopic (exact) mass is 492 g/mol. The Hall–Kier alpha value is -3.36. The summed E-state index contributed by atoms with van der Waals surface area (Å²) < 4.78 is 28.5. The van der Waals surface area contributed by atoms with Crippen LogP contribution in [-0.2, 0) is 13.1 Å². The number of nitrogens with zero attached hydrogens (tertiary/aromatic N) is 3. The van der Waals surface area contributed by atoms with Gasteiger partial charge >= 0.3 is 0 Å². The van der Waals surface area contributed by atoms with Crippen LogP contribution in [0.1, 0.15) is 34.3 Å². The molecule has 0 radical (unpaired) electrons. The van der Waals surface area contributed by atoms with Gasteiger partial charge in [0, 0.05) is 31.9 Å². The zero-order valence-corrected chi connectivity index (χ0v) is 20.0. The number of likely N-dealkylation sites (tertiary alicyclic amines) is 1. The molecular formula is C27H26F2N4OS. The molecule has 0 bridgehead atoms. The van der Waals surface area contributed by atoms with Crippen molar-refractivity contribution in [2.45, 2.75) is 32.0 Å². The number of halogens is 2. The molecule has 0 spiro atoms. The Bertz CT molecular complexity index is 1280. The van der Waals surface area contributed by atoms with Crippen LogP contribution < -0.4 is 5.32 Å². The Morgan fingerprint density at radius 1 is 0.971 bits per heavy atom. The van der Waals surface area contributed by atoms with E-state index in [0.717, 1.165) is 41.9 Å². The molecule has 180 valence electrons. The lowest BCUT2D eigenvalue weighted by atomic mass is 10.0. The van der Waals surface area contributed by atoms with Gasteiger partial charge in [0.15, 0.2) is 11.6 Å². The molecule has 1 saturated heterocycles. The number of benzene rings is 2. The molecule has 0 unspecified atom stereocenters. The van der Waals surface area contributed by atoms with Crippen molar-refractivity contribution in [3.05, 3.63) is 101 Å². The predicted molar refractivity (Wildman–Crippen MR) is 133 cm³/mol. The van der Waals surface area contributed by atoms with Crippen molar-refractivity contribution in [1.29, 1.82) is 0 Å². The molecular weight excluding hydrogens is 466 g/mol. The minimum atomic E-state index is -0.829. The van der Waals surface area contributed by atoms with Gasteiger partial charge in [-0.3, -0.25) is 14.4 Å². The number of thiophene rings is 1. The van der Waals surface area contributed by atoms with Crippen molar-refractivity contribution in [3.63, 3.8) is 0 Å². The van der Waals surface area contributed by atoms with E-state index in [-0.39, 0.29) is 11.9 Å². The van der Waals surface area contributed by atoms with Gasteiger partial charge in [0.05, 0.1) is 17.0 Å². The summed E-state index contributed by atoms with van der Waals surface area (Å²) in [5, 5.41) is 9.91. The van der Waals surface area contributed by atoms with E-state index < -0.39 is 11.6 Å². The van der Waals surface area contributed by atoms with Gasteiger partial charge in [0.25, 0.3) is 5.91 Å². The largest absolute Gasteiger partial charge is 0.349 e. The van der Waals surface area contributed by atoms with Crippen LogP contribution in [-0.4, -0.2) is 39.7 Å². The molecule has 1 amide bonds. The van der Waals surface area contributed by atoms with Gasteiger partial charge in [-0.25, -0.2) is 8.78 Å². The van der Waals surface area contributed by atoms with Gasteiger partial charge < -0.3 is 5.32 Å². The fourth-order valence-corrected chi connectivity index (χ4v) is 5.15. The molecule has 35 heavy (non-hydrogen) atoms. The Morgan fingerprint density at radius 3 is 2.49 bits per heavy atom. The number of hydrogen-bond acceptors (Lipinski definition) is 4. The summed E-state index contributed by atoms with van der Waals surface area (Å²) in [5.41, 5.74) is 3.14. The number of nitrogens with one attached hydrogen (secondary N) is 1. The fraction of sp³-hybridized carbons (Fsp3) is 0.259. The number of carbonyl (C=O) groups is 1. The smallest absolute Gasteiger partial charge is 0.255 e. The number of carbonyl (C=O) groups excluding carboxylic acids is 1. The molecule has 8 heteroatoms. The molecule has 0 aliphatic carbocycles. The van der Waals surface area contributed by atoms with Gasteiger partial charge in [-0.1, -0.05) is 42.5 Å². The second-order valence-electron chi connectivity index (χ2n) is 8.82. The molecule has 2 aromatic heterocycles. The van der Waals surface area contributed by atoms with E-state index in [4.69, 9.17) is 5.10 Å². The third-order valence-corrected chi connectivity index (χ3v) is 7.14. The van der Waals surface area contributed by atoms with Crippen LogP contribution in [0.5, 0.6) is 0 Å². The maximum absolute atomic E-state index is 13.5. The first-order valence-corrected chi connectivity index (χ1v) is 12.6. The molecule has 5 rings (SSSR count). The number of rotatable bonds is 7. The van der Waals surface area contributed by atoms with Crippen molar-refractivity contribution in [3.8, 4) is 10.6 Å². The first-order valence-electron chi connectivity index (χ1n) is 11.7. The third-order valence-electron chi connectivity index (χ3n) is 6.26. The summed E-state index contributed by atoms with van der Waals surface area (Å²) in [4.78, 5) is 16.4. The van der Waals surface area contributed by atoms with Crippen LogP contribution in [0.25, 0.3) is 10.6 Å². The summed E-state index contributed by atoms with van der Waals surface area (Å²) in [6.07, 6.45) is 3.42. The number of hydrogen-bond donors (Lipinski definition) is 1. The Balaban J connectivity index is 1.23. The standard InChI is InChI=1S/C27H26F2N4OS/c28-23-9-8-20(15-24(23)29)16-32-12-10-21(11-13-32)30-27(34)22-18-33(17-19-5-2-1-3-6-19)31-26(22)25-7-4-14-35-25/h1-9,14-15,18,21H,10-13,16-17H2,(H,30,34). The van der Waals surface area contributed by atoms with Gasteiger partial charge in [0.2, 0.25) is 0 Å². The molecule has 1 N–H and O–H groups in total. The maximum atomic E-state index is 13.5. The van der Waals surface area contributed by atoms with Crippen LogP contribution in [0.3, 0.4) is 0 Å². The second-order valence-corrected chi connectivity index (χ2v) is 9.77. The van der Waals surface area contributed by atoms with Crippen molar-refractivity contribution in [1.82, 2.24) is 20.0 Å². The van der Waals surface area contributed by atoms with E-state index in [1.165, 1.54) is 12.1 Å². The van der Waals surface area contributed by atoms with Crippen LogP contribution in [0.15, 0.2) is 72.2 Å². The van der Waals surface area contributed by atoms with Crippen molar-refractivity contribution < 1.29 is 13.6 Å². The second kappa shape index (κ2) is 10.5. The number of piperidine rings is 1. The predicted octanol–water partition coefficient (Wildman–Crippen LogP) is 5.33. The van der Waals surface area contributed by atoms with Gasteiger partial charge in [-0.2, -0.15) is 5.10 Å². The number of amides is 1. The van der Waals surface area contributed by atoms with E-state index in [0.29, 0.717) is 24.3 Å². The molecule has 1 fully saturated rings. The average Bonchev–Trinajstić information content (AvgIpc) is 3.54. The summed E-state index contributed by atoms with van der Waals surface area (Å²) in [6, 6.07) is 18.1. The van der Waals surface area contributed by atoms with Crippen LogP contribution >= 0.6 is 11.3 Å². The quantitative estimate of drug-likeness (QED) is 0.379. The van der Waals surface area contributed by atoms with E-state index >= 15 is 0 Å². The van der Waals surface area contributed by atoms with E-state index in [9.17, 15) is 13.6 Å². The third kappa shape index (κ3) is 5.66. The SMILES string of the molecule is O=C(NC1CCN(Cc2ccc(F)c(F)c2)CC1)c1cn(Cc2ccccc2)nc1-c1cccs1. The molecule has 3 heterocycles. The summed E-state index contributed by atoms with van der Waals surface area (Å²) in [5.74, 6) is -1.77. The minimum Gasteiger partial charge on any atom is -0.349 e. The zero-order chi connectivity index (χ0) is 24.2. The van der Waals surface area contributed by atoms with Crippen molar-refractivity contribution >= 4 is 17.2 Å². The molecule has 4 aromatic rings.